The molecule has 21 heavy (non-hydrogen) atoms. The molecule has 0 saturated carbocycles. The van der Waals surface area contributed by atoms with Crippen molar-refractivity contribution in [2.45, 2.75) is 37.8 Å². The average molecular weight is 289 g/mol. The van der Waals surface area contributed by atoms with Crippen molar-refractivity contribution in [3.63, 3.8) is 0 Å². The van der Waals surface area contributed by atoms with Gasteiger partial charge in [0, 0.05) is 25.2 Å². The van der Waals surface area contributed by atoms with Gasteiger partial charge in [-0.2, -0.15) is 0 Å². The van der Waals surface area contributed by atoms with Gasteiger partial charge < -0.3 is 16.2 Å². The maximum atomic E-state index is 10.9. The van der Waals surface area contributed by atoms with E-state index in [1.165, 1.54) is 5.56 Å². The molecule has 1 heterocycles. The zero-order valence-electron chi connectivity index (χ0n) is 12.2. The number of carbonyl (C=O) groups excluding carboxylic acids is 1. The van der Waals surface area contributed by atoms with Gasteiger partial charge in [0.15, 0.2) is 0 Å². The van der Waals surface area contributed by atoms with Crippen molar-refractivity contribution in [1.82, 2.24) is 10.2 Å². The molecule has 1 atom stereocenters. The number of amides is 1. The molecule has 114 valence electrons. The number of nitrogens with zero attached hydrogens (tertiary/aromatic N) is 1. The lowest BCUT2D eigenvalue weighted by molar-refractivity contribution is -0.119. The molecule has 1 unspecified atom stereocenters. The second-order valence-corrected chi connectivity index (χ2v) is 6.12. The molecule has 1 aliphatic heterocycles. The average Bonchev–Trinajstić information content (AvgIpc) is 2.85. The normalized spacial score (nSPS) is 23.1. The van der Waals surface area contributed by atoms with Gasteiger partial charge in [-0.3, -0.25) is 9.69 Å². The van der Waals surface area contributed by atoms with Crippen molar-refractivity contribution < 1.29 is 9.90 Å². The van der Waals surface area contributed by atoms with E-state index in [1.807, 2.05) is 6.07 Å². The SMILES string of the molecule is NC(=O)CN1CCC(NC2CCc3c(O)cccc32)CC1. The molecule has 1 aliphatic carbocycles. The molecular weight excluding hydrogens is 266 g/mol. The van der Waals surface area contributed by atoms with Gasteiger partial charge in [-0.05, 0) is 42.9 Å². The van der Waals surface area contributed by atoms with Crippen molar-refractivity contribution in [2.24, 2.45) is 5.73 Å². The highest BCUT2D eigenvalue weighted by atomic mass is 16.3. The van der Waals surface area contributed by atoms with E-state index in [2.05, 4.69) is 16.3 Å². The first-order chi connectivity index (χ1) is 10.1. The fraction of sp³-hybridized carbons (Fsp3) is 0.562. The first kappa shape index (κ1) is 14.4. The Morgan fingerprint density at radius 2 is 2.10 bits per heavy atom. The Hall–Kier alpha value is -1.59. The molecule has 0 radical (unpaired) electrons. The number of hydrogen-bond acceptors (Lipinski definition) is 4. The van der Waals surface area contributed by atoms with E-state index in [0.29, 0.717) is 24.4 Å². The lowest BCUT2D eigenvalue weighted by Crippen LogP contribution is -2.45. The first-order valence-electron chi connectivity index (χ1n) is 7.71. The zero-order chi connectivity index (χ0) is 14.8. The number of piperidine rings is 1. The van der Waals surface area contributed by atoms with Crippen molar-refractivity contribution in [2.75, 3.05) is 19.6 Å². The maximum absolute atomic E-state index is 10.9. The van der Waals surface area contributed by atoms with Crippen LogP contribution in [0.15, 0.2) is 18.2 Å². The number of nitrogens with two attached hydrogens (primary N) is 1. The van der Waals surface area contributed by atoms with Crippen LogP contribution in [0.25, 0.3) is 0 Å². The number of phenols is 1. The summed E-state index contributed by atoms with van der Waals surface area (Å²) in [6.45, 7) is 2.20. The number of aromatic hydroxyl groups is 1. The van der Waals surface area contributed by atoms with E-state index >= 15 is 0 Å². The number of likely N-dealkylation sites (tertiary alicyclic amines) is 1. The number of rotatable bonds is 4. The van der Waals surface area contributed by atoms with E-state index in [0.717, 1.165) is 44.3 Å². The molecule has 4 N–H and O–H groups in total. The Balaban J connectivity index is 1.56. The van der Waals surface area contributed by atoms with E-state index in [-0.39, 0.29) is 5.91 Å². The summed E-state index contributed by atoms with van der Waals surface area (Å²) in [5.41, 5.74) is 7.58. The largest absolute Gasteiger partial charge is 0.508 e. The summed E-state index contributed by atoms with van der Waals surface area (Å²) >= 11 is 0. The molecule has 5 nitrogen and oxygen atoms in total. The summed E-state index contributed by atoms with van der Waals surface area (Å²) in [6, 6.07) is 6.63. The van der Waals surface area contributed by atoms with Crippen LogP contribution in [0.3, 0.4) is 0 Å². The van der Waals surface area contributed by atoms with E-state index in [4.69, 9.17) is 5.73 Å². The van der Waals surface area contributed by atoms with E-state index in [1.54, 1.807) is 6.07 Å². The Kier molecular flexibility index (Phi) is 4.12. The van der Waals surface area contributed by atoms with Gasteiger partial charge in [-0.15, -0.1) is 0 Å². The lowest BCUT2D eigenvalue weighted by atomic mass is 10.0. The van der Waals surface area contributed by atoms with Gasteiger partial charge in [0.1, 0.15) is 5.75 Å². The minimum Gasteiger partial charge on any atom is -0.508 e. The Labute approximate surface area is 125 Å². The third kappa shape index (κ3) is 3.19. The molecule has 1 fully saturated rings. The highest BCUT2D eigenvalue weighted by molar-refractivity contribution is 5.75. The predicted molar refractivity (Wildman–Crippen MR) is 81.0 cm³/mol. The highest BCUT2D eigenvalue weighted by Crippen LogP contribution is 2.36. The van der Waals surface area contributed by atoms with E-state index < -0.39 is 0 Å². The van der Waals surface area contributed by atoms with Crippen LogP contribution < -0.4 is 11.1 Å². The van der Waals surface area contributed by atoms with Crippen LogP contribution >= 0.6 is 0 Å². The predicted octanol–water partition coefficient (Wildman–Crippen LogP) is 0.919. The second kappa shape index (κ2) is 6.03. The van der Waals surface area contributed by atoms with Gasteiger partial charge in [0.05, 0.1) is 6.54 Å². The molecule has 1 amide bonds. The Morgan fingerprint density at radius 1 is 1.33 bits per heavy atom. The van der Waals surface area contributed by atoms with Gasteiger partial charge >= 0.3 is 0 Å². The zero-order valence-corrected chi connectivity index (χ0v) is 12.2. The molecule has 5 heteroatoms. The molecule has 2 aliphatic rings. The second-order valence-electron chi connectivity index (χ2n) is 6.12. The quantitative estimate of drug-likeness (QED) is 0.770. The number of phenolic OH excluding ortho intramolecular Hbond substituents is 1. The number of primary amides is 1. The molecule has 0 spiro atoms. The van der Waals surface area contributed by atoms with Gasteiger partial charge in [0.25, 0.3) is 0 Å². The fourth-order valence-electron chi connectivity index (χ4n) is 3.57. The number of hydrogen-bond donors (Lipinski definition) is 3. The fourth-order valence-corrected chi connectivity index (χ4v) is 3.57. The number of benzene rings is 1. The maximum Gasteiger partial charge on any atom is 0.231 e. The molecule has 0 aromatic heterocycles. The molecule has 0 bridgehead atoms. The highest BCUT2D eigenvalue weighted by Gasteiger charge is 2.28. The minimum atomic E-state index is -0.249. The molecule has 1 aromatic rings. The summed E-state index contributed by atoms with van der Waals surface area (Å²) in [5.74, 6) is 0.176. The van der Waals surface area contributed by atoms with Crippen molar-refractivity contribution in [3.8, 4) is 5.75 Å². The van der Waals surface area contributed by atoms with Crippen molar-refractivity contribution in [1.29, 1.82) is 0 Å². The standard InChI is InChI=1S/C16H23N3O2/c17-16(21)10-19-8-6-11(7-9-19)18-14-5-4-13-12(14)2-1-3-15(13)20/h1-3,11,14,18,20H,4-10H2,(H2,17,21). The summed E-state index contributed by atoms with van der Waals surface area (Å²) < 4.78 is 0. The Bertz CT molecular complexity index is 524. The summed E-state index contributed by atoms with van der Waals surface area (Å²) in [6.07, 6.45) is 4.07. The van der Waals surface area contributed by atoms with Crippen LogP contribution in [0.1, 0.15) is 36.4 Å². The van der Waals surface area contributed by atoms with Crippen LogP contribution in [-0.4, -0.2) is 41.6 Å². The monoisotopic (exact) mass is 289 g/mol. The van der Waals surface area contributed by atoms with Crippen molar-refractivity contribution in [3.05, 3.63) is 29.3 Å². The van der Waals surface area contributed by atoms with Gasteiger partial charge in [-0.25, -0.2) is 0 Å². The third-order valence-corrected chi connectivity index (χ3v) is 4.65. The first-order valence-corrected chi connectivity index (χ1v) is 7.71. The van der Waals surface area contributed by atoms with Crippen LogP contribution in [0.4, 0.5) is 0 Å². The molecular formula is C16H23N3O2. The summed E-state index contributed by atoms with van der Waals surface area (Å²) in [7, 11) is 0. The number of carbonyl (C=O) groups is 1. The topological polar surface area (TPSA) is 78.6 Å². The lowest BCUT2D eigenvalue weighted by Gasteiger charge is -2.33. The van der Waals surface area contributed by atoms with Crippen LogP contribution in [0.2, 0.25) is 0 Å². The van der Waals surface area contributed by atoms with E-state index in [9.17, 15) is 9.90 Å². The molecule has 1 aromatic carbocycles. The summed E-state index contributed by atoms with van der Waals surface area (Å²) in [4.78, 5) is 13.1. The molecule has 1 saturated heterocycles. The molecule has 3 rings (SSSR count). The smallest absolute Gasteiger partial charge is 0.231 e. The Morgan fingerprint density at radius 3 is 2.81 bits per heavy atom. The van der Waals surface area contributed by atoms with Crippen LogP contribution in [0.5, 0.6) is 5.75 Å². The number of nitrogens with one attached hydrogen (secondary N) is 1. The van der Waals surface area contributed by atoms with Crippen molar-refractivity contribution >= 4 is 5.91 Å². The summed E-state index contributed by atoms with van der Waals surface area (Å²) in [5, 5.41) is 13.6. The van der Waals surface area contributed by atoms with Gasteiger partial charge in [-0.1, -0.05) is 12.1 Å². The van der Waals surface area contributed by atoms with Crippen LogP contribution in [0, 0.1) is 0 Å². The number of fused-ring (bicyclic) bond motifs is 1. The third-order valence-electron chi connectivity index (χ3n) is 4.65. The van der Waals surface area contributed by atoms with Gasteiger partial charge in [0.2, 0.25) is 5.91 Å². The minimum absolute atomic E-state index is 0.249. The van der Waals surface area contributed by atoms with Crippen LogP contribution in [-0.2, 0) is 11.2 Å².